The number of aromatic nitrogens is 1. The predicted molar refractivity (Wildman–Crippen MR) is 143 cm³/mol. The van der Waals surface area contributed by atoms with E-state index in [0.717, 1.165) is 57.5 Å². The average molecular weight is 495 g/mol. The van der Waals surface area contributed by atoms with Crippen LogP contribution in [0.25, 0.3) is 0 Å². The third-order valence-corrected chi connectivity index (χ3v) is 6.89. The molecule has 1 aromatic rings. The van der Waals surface area contributed by atoms with Crippen LogP contribution in [0, 0.1) is 0 Å². The number of β-amino-alcohol motifs (C(OH)–C–C–N with tert-alkyl or cyclic N) is 1. The van der Waals surface area contributed by atoms with E-state index >= 15 is 0 Å². The molecule has 2 aliphatic heterocycles. The Morgan fingerprint density at radius 2 is 2.03 bits per heavy atom. The largest absolute Gasteiger partial charge is 0.404 e. The first kappa shape index (κ1) is 25.7. The van der Waals surface area contributed by atoms with Crippen LogP contribution in [0.5, 0.6) is 0 Å². The summed E-state index contributed by atoms with van der Waals surface area (Å²) >= 11 is 0. The third-order valence-electron chi connectivity index (χ3n) is 6.89. The molecule has 10 heteroatoms. The number of nitrogens with two attached hydrogens (primary N) is 1. The van der Waals surface area contributed by atoms with Crippen LogP contribution in [-0.2, 0) is 4.79 Å². The summed E-state index contributed by atoms with van der Waals surface area (Å²) in [5.74, 6) is 1.54. The quantitative estimate of drug-likeness (QED) is 0.430. The monoisotopic (exact) mass is 494 g/mol. The molecule has 5 N–H and O–H groups in total. The molecule has 4 rings (SSSR count). The number of aliphatic hydroxyl groups is 1. The molecule has 194 valence electrons. The number of nitrogens with one attached hydrogen (secondary N) is 2. The van der Waals surface area contributed by atoms with Crippen LogP contribution >= 0.6 is 0 Å². The van der Waals surface area contributed by atoms with Gasteiger partial charge in [-0.1, -0.05) is 19.4 Å². The van der Waals surface area contributed by atoms with E-state index in [0.29, 0.717) is 35.3 Å². The minimum atomic E-state index is -0.308. The molecular formula is C26H38N8O2. The van der Waals surface area contributed by atoms with Gasteiger partial charge in [-0.3, -0.25) is 9.69 Å². The summed E-state index contributed by atoms with van der Waals surface area (Å²) in [6.45, 7) is 10.2. The molecule has 2 fully saturated rings. The Bertz CT molecular complexity index is 1030. The van der Waals surface area contributed by atoms with Crippen LogP contribution in [0.4, 0.5) is 11.5 Å². The van der Waals surface area contributed by atoms with E-state index < -0.39 is 0 Å². The van der Waals surface area contributed by atoms with E-state index in [2.05, 4.69) is 32.0 Å². The van der Waals surface area contributed by atoms with Crippen molar-refractivity contribution in [2.75, 3.05) is 50.0 Å². The highest BCUT2D eigenvalue weighted by molar-refractivity contribution is 6.12. The number of nitrogens with zero attached hydrogens (tertiary/aromatic N) is 5. The molecule has 36 heavy (non-hydrogen) atoms. The molecule has 0 aromatic carbocycles. The van der Waals surface area contributed by atoms with Gasteiger partial charge in [0.1, 0.15) is 23.2 Å². The number of carbonyl (C=O) groups excluding carboxylic acids is 1. The lowest BCUT2D eigenvalue weighted by Gasteiger charge is -2.36. The maximum absolute atomic E-state index is 12.6. The van der Waals surface area contributed by atoms with Gasteiger partial charge in [0.05, 0.1) is 18.0 Å². The molecule has 0 bridgehead atoms. The Morgan fingerprint density at radius 1 is 1.31 bits per heavy atom. The number of hydrogen-bond donors (Lipinski definition) is 4. The number of rotatable bonds is 8. The summed E-state index contributed by atoms with van der Waals surface area (Å²) in [7, 11) is 1.63. The maximum atomic E-state index is 12.6. The van der Waals surface area contributed by atoms with Crippen molar-refractivity contribution < 1.29 is 9.90 Å². The highest BCUT2D eigenvalue weighted by Gasteiger charge is 2.36. The number of aliphatic hydroxyl groups excluding tert-OH is 1. The summed E-state index contributed by atoms with van der Waals surface area (Å²) in [6, 6.07) is 4.16. The summed E-state index contributed by atoms with van der Waals surface area (Å²) in [4.78, 5) is 28.5. The molecule has 0 radical (unpaired) electrons. The molecule has 0 spiro atoms. The Morgan fingerprint density at radius 3 is 2.61 bits per heavy atom. The van der Waals surface area contributed by atoms with Gasteiger partial charge in [-0.25, -0.2) is 9.98 Å². The van der Waals surface area contributed by atoms with Crippen molar-refractivity contribution in [2.24, 2.45) is 10.7 Å². The smallest absolute Gasteiger partial charge is 0.267 e. The van der Waals surface area contributed by atoms with Crippen molar-refractivity contribution >= 4 is 23.2 Å². The van der Waals surface area contributed by atoms with E-state index in [4.69, 9.17) is 10.7 Å². The van der Waals surface area contributed by atoms with Crippen LogP contribution < -0.4 is 21.3 Å². The standard InChI is InChI=1S/C26H38N8O2/c1-18(35)17-32-10-12-33(13-11-32)22-8-9-24(29-16-22)30-19(2)31-25-20(15-27)14-23(26(36)28-3)34(25)21-6-4-5-7-21/h8-9,14-16,18,21,35H,2,4-7,10-13,17,27H2,1,3H3,(H,28,36)(H,29,30)/b20-15-,31-25+/t18-/m0/s1. The molecule has 3 heterocycles. The van der Waals surface area contributed by atoms with E-state index in [9.17, 15) is 9.90 Å². The molecule has 1 aliphatic carbocycles. The number of amidine groups is 1. The number of anilines is 2. The second-order valence-electron chi connectivity index (χ2n) is 9.58. The first-order valence-corrected chi connectivity index (χ1v) is 12.7. The molecule has 1 amide bonds. The van der Waals surface area contributed by atoms with Gasteiger partial charge in [0.2, 0.25) is 0 Å². The van der Waals surface area contributed by atoms with Gasteiger partial charge in [0.15, 0.2) is 0 Å². The van der Waals surface area contributed by atoms with Crippen molar-refractivity contribution in [2.45, 2.75) is 44.8 Å². The molecule has 1 atom stereocenters. The minimum absolute atomic E-state index is 0.158. The fourth-order valence-electron chi connectivity index (χ4n) is 5.12. The van der Waals surface area contributed by atoms with Gasteiger partial charge < -0.3 is 31.3 Å². The summed E-state index contributed by atoms with van der Waals surface area (Å²) in [5.41, 5.74) is 8.22. The van der Waals surface area contributed by atoms with Gasteiger partial charge in [-0.2, -0.15) is 0 Å². The predicted octanol–water partition coefficient (Wildman–Crippen LogP) is 1.60. The lowest BCUT2D eigenvalue weighted by molar-refractivity contribution is -0.118. The molecule has 0 unspecified atom stereocenters. The Hall–Kier alpha value is -3.37. The summed E-state index contributed by atoms with van der Waals surface area (Å²) < 4.78 is 0. The minimum Gasteiger partial charge on any atom is -0.404 e. The van der Waals surface area contributed by atoms with Crippen LogP contribution in [0.1, 0.15) is 32.6 Å². The lowest BCUT2D eigenvalue weighted by Crippen LogP contribution is -2.48. The van der Waals surface area contributed by atoms with Crippen molar-refractivity contribution in [3.63, 3.8) is 0 Å². The number of likely N-dealkylation sites (N-methyl/N-ethyl adjacent to an activating group) is 1. The first-order valence-electron chi connectivity index (χ1n) is 12.7. The fourth-order valence-corrected chi connectivity index (χ4v) is 5.12. The number of piperazine rings is 1. The van der Waals surface area contributed by atoms with E-state index in [1.807, 2.05) is 30.2 Å². The van der Waals surface area contributed by atoms with Crippen LogP contribution in [0.15, 0.2) is 59.3 Å². The third kappa shape index (κ3) is 5.88. The summed E-state index contributed by atoms with van der Waals surface area (Å²) in [5, 5.41) is 15.5. The van der Waals surface area contributed by atoms with E-state index in [-0.39, 0.29) is 18.1 Å². The number of aliphatic imine (C=N–C) groups is 1. The van der Waals surface area contributed by atoms with Crippen molar-refractivity contribution in [1.29, 1.82) is 0 Å². The average Bonchev–Trinajstić information content (AvgIpc) is 3.52. The lowest BCUT2D eigenvalue weighted by atomic mass is 10.2. The van der Waals surface area contributed by atoms with Crippen molar-refractivity contribution in [1.82, 2.24) is 20.1 Å². The van der Waals surface area contributed by atoms with E-state index in [1.54, 1.807) is 13.1 Å². The molecule has 1 aromatic heterocycles. The van der Waals surface area contributed by atoms with Crippen molar-refractivity contribution in [3.8, 4) is 0 Å². The molecule has 3 aliphatic rings. The van der Waals surface area contributed by atoms with Crippen LogP contribution in [-0.4, -0.2) is 83.6 Å². The zero-order valence-corrected chi connectivity index (χ0v) is 21.3. The Balaban J connectivity index is 1.43. The SMILES string of the molecule is C=C(/N=C1\C(=C/N)C=C(C(=O)NC)N1C1CCCC1)Nc1ccc(N2CCN(C[C@H](C)O)CC2)cn1. The zero-order valence-electron chi connectivity index (χ0n) is 21.3. The van der Waals surface area contributed by atoms with Gasteiger partial charge >= 0.3 is 0 Å². The van der Waals surface area contributed by atoms with Crippen molar-refractivity contribution in [3.05, 3.63) is 54.3 Å². The van der Waals surface area contributed by atoms with E-state index in [1.165, 1.54) is 6.20 Å². The topological polar surface area (TPSA) is 122 Å². The van der Waals surface area contributed by atoms with Gasteiger partial charge in [0, 0.05) is 57.6 Å². The number of hydrogen-bond acceptors (Lipinski definition) is 8. The maximum Gasteiger partial charge on any atom is 0.267 e. The summed E-state index contributed by atoms with van der Waals surface area (Å²) in [6.07, 6.45) is 9.07. The molecule has 10 nitrogen and oxygen atoms in total. The normalized spacial score (nSPS) is 22.2. The molecular weight excluding hydrogens is 456 g/mol. The van der Waals surface area contributed by atoms with Gasteiger partial charge in [-0.15, -0.1) is 0 Å². The second-order valence-corrected chi connectivity index (χ2v) is 9.58. The highest BCUT2D eigenvalue weighted by Crippen LogP contribution is 2.33. The fraction of sp³-hybridized carbons (Fsp3) is 0.500. The Labute approximate surface area is 213 Å². The highest BCUT2D eigenvalue weighted by atomic mass is 16.3. The number of carbonyl (C=O) groups is 1. The number of pyridine rings is 1. The van der Waals surface area contributed by atoms with Crippen LogP contribution in [0.2, 0.25) is 0 Å². The molecule has 1 saturated carbocycles. The van der Waals surface area contributed by atoms with Gasteiger partial charge in [0.25, 0.3) is 5.91 Å². The first-order chi connectivity index (χ1) is 17.4. The van der Waals surface area contributed by atoms with Crippen LogP contribution in [0.3, 0.4) is 0 Å². The zero-order chi connectivity index (χ0) is 25.7. The second kappa shape index (κ2) is 11.6. The van der Waals surface area contributed by atoms with Gasteiger partial charge in [-0.05, 0) is 38.0 Å². The Kier molecular flexibility index (Phi) is 8.27. The number of amides is 1. The molecule has 1 saturated heterocycles.